The van der Waals surface area contributed by atoms with Gasteiger partial charge in [-0.3, -0.25) is 5.41 Å². The maximum absolute atomic E-state index is 8.60. The van der Waals surface area contributed by atoms with Crippen LogP contribution in [0, 0.1) is 23.7 Å². The van der Waals surface area contributed by atoms with Crippen LogP contribution in [0.2, 0.25) is 0 Å². The Morgan fingerprint density at radius 1 is 1.33 bits per heavy atom. The van der Waals surface area contributed by atoms with Gasteiger partial charge < -0.3 is 20.1 Å². The highest BCUT2D eigenvalue weighted by molar-refractivity contribution is 5.91. The molecule has 0 spiro atoms. The Morgan fingerprint density at radius 3 is 2.50 bits per heavy atom. The van der Waals surface area contributed by atoms with Crippen LogP contribution in [0.3, 0.4) is 0 Å². The highest BCUT2D eigenvalue weighted by Crippen LogP contribution is 2.23. The molecule has 1 fully saturated rings. The van der Waals surface area contributed by atoms with Crippen LogP contribution in [0.1, 0.15) is 57.7 Å². The number of hydrogen-bond donors (Lipinski definition) is 3. The van der Waals surface area contributed by atoms with E-state index in [-0.39, 0.29) is 5.92 Å². The number of aromatic nitrogens is 2. The molecule has 0 radical (unpaired) electrons. The van der Waals surface area contributed by atoms with Crippen LogP contribution in [0.4, 0.5) is 0 Å². The van der Waals surface area contributed by atoms with Gasteiger partial charge in [-0.2, -0.15) is 4.98 Å². The largest absolute Gasteiger partial charge is 0.360 e. The third-order valence-corrected chi connectivity index (χ3v) is 4.35. The maximum atomic E-state index is 8.60. The van der Waals surface area contributed by atoms with Gasteiger partial charge in [0.2, 0.25) is 5.89 Å². The Morgan fingerprint density at radius 2 is 2.00 bits per heavy atom. The standard InChI is InChI=1S/C17H30N6O/c1-11(2)10-20-14-5-7-23(8-6-14)16(19)15(9-12(3)18)17-21-13(4)24-22-17/h11,14-15,18-20H,5-10H2,1-4H3. The summed E-state index contributed by atoms with van der Waals surface area (Å²) in [6.45, 7) is 10.7. The summed E-state index contributed by atoms with van der Waals surface area (Å²) < 4.78 is 5.08. The van der Waals surface area contributed by atoms with Crippen LogP contribution in [-0.2, 0) is 0 Å². The molecule has 2 heterocycles. The van der Waals surface area contributed by atoms with E-state index in [1.165, 1.54) is 0 Å². The lowest BCUT2D eigenvalue weighted by molar-refractivity contribution is 0.270. The van der Waals surface area contributed by atoms with E-state index in [0.29, 0.717) is 41.6 Å². The lowest BCUT2D eigenvalue weighted by atomic mass is 9.96. The Kier molecular flexibility index (Phi) is 6.48. The normalized spacial score (nSPS) is 17.3. The van der Waals surface area contributed by atoms with Crippen molar-refractivity contribution in [3.05, 3.63) is 11.7 Å². The number of amidine groups is 1. The quantitative estimate of drug-likeness (QED) is 0.525. The van der Waals surface area contributed by atoms with Crippen LogP contribution in [-0.4, -0.2) is 52.3 Å². The topological polar surface area (TPSA) is 102 Å². The van der Waals surface area contributed by atoms with Gasteiger partial charge in [-0.1, -0.05) is 19.0 Å². The number of rotatable bonds is 7. The van der Waals surface area contributed by atoms with Crippen LogP contribution < -0.4 is 5.32 Å². The van der Waals surface area contributed by atoms with Gasteiger partial charge in [0, 0.05) is 38.2 Å². The summed E-state index contributed by atoms with van der Waals surface area (Å²) in [4.78, 5) is 6.39. The molecule has 2 rings (SSSR count). The minimum absolute atomic E-state index is 0.292. The van der Waals surface area contributed by atoms with E-state index < -0.39 is 0 Å². The highest BCUT2D eigenvalue weighted by atomic mass is 16.5. The zero-order valence-electron chi connectivity index (χ0n) is 15.2. The number of aryl methyl sites for hydroxylation is 1. The second-order valence-electron chi connectivity index (χ2n) is 7.16. The van der Waals surface area contributed by atoms with Crippen LogP contribution >= 0.6 is 0 Å². The molecule has 0 bridgehead atoms. The molecule has 1 aliphatic heterocycles. The van der Waals surface area contributed by atoms with Crippen molar-refractivity contribution >= 4 is 11.5 Å². The summed E-state index contributed by atoms with van der Waals surface area (Å²) in [7, 11) is 0. The van der Waals surface area contributed by atoms with Crippen molar-refractivity contribution in [1.29, 1.82) is 10.8 Å². The fourth-order valence-corrected chi connectivity index (χ4v) is 3.02. The number of piperidine rings is 1. The number of hydrogen-bond acceptors (Lipinski definition) is 6. The van der Waals surface area contributed by atoms with Crippen molar-refractivity contribution in [2.45, 2.75) is 58.9 Å². The van der Waals surface area contributed by atoms with E-state index in [4.69, 9.17) is 15.3 Å². The summed E-state index contributed by atoms with van der Waals surface area (Å²) in [5.74, 6) is 1.89. The van der Waals surface area contributed by atoms with E-state index in [0.717, 1.165) is 32.5 Å². The summed E-state index contributed by atoms with van der Waals surface area (Å²) in [6.07, 6.45) is 2.54. The Bertz CT molecular complexity index is 559. The first-order valence-electron chi connectivity index (χ1n) is 8.77. The molecular weight excluding hydrogens is 304 g/mol. The van der Waals surface area contributed by atoms with Gasteiger partial charge in [-0.05, 0) is 32.2 Å². The lowest BCUT2D eigenvalue weighted by Gasteiger charge is -2.36. The van der Waals surface area contributed by atoms with Crippen LogP contribution in [0.5, 0.6) is 0 Å². The first-order valence-corrected chi connectivity index (χ1v) is 8.77. The predicted octanol–water partition coefficient (Wildman–Crippen LogP) is 2.58. The average molecular weight is 334 g/mol. The fourth-order valence-electron chi connectivity index (χ4n) is 3.02. The third kappa shape index (κ3) is 5.12. The van der Waals surface area contributed by atoms with Gasteiger partial charge in [0.25, 0.3) is 0 Å². The Balaban J connectivity index is 1.96. The van der Waals surface area contributed by atoms with E-state index in [2.05, 4.69) is 34.2 Å². The molecule has 7 nitrogen and oxygen atoms in total. The molecule has 0 saturated carbocycles. The van der Waals surface area contributed by atoms with Crippen molar-refractivity contribution in [3.63, 3.8) is 0 Å². The molecule has 24 heavy (non-hydrogen) atoms. The minimum atomic E-state index is -0.292. The van der Waals surface area contributed by atoms with E-state index >= 15 is 0 Å². The molecule has 1 aliphatic rings. The van der Waals surface area contributed by atoms with Crippen molar-refractivity contribution in [2.24, 2.45) is 5.92 Å². The minimum Gasteiger partial charge on any atom is -0.360 e. The molecule has 7 heteroatoms. The molecule has 1 saturated heterocycles. The van der Waals surface area contributed by atoms with Crippen LogP contribution in [0.25, 0.3) is 0 Å². The fraction of sp³-hybridized carbons (Fsp3) is 0.765. The molecule has 0 amide bonds. The predicted molar refractivity (Wildman–Crippen MR) is 95.0 cm³/mol. The van der Waals surface area contributed by atoms with Crippen molar-refractivity contribution in [2.75, 3.05) is 19.6 Å². The molecule has 134 valence electrons. The molecule has 0 aromatic carbocycles. The number of nitrogens with zero attached hydrogens (tertiary/aromatic N) is 3. The summed E-state index contributed by atoms with van der Waals surface area (Å²) in [6, 6.07) is 0.534. The van der Waals surface area contributed by atoms with Crippen LogP contribution in [0.15, 0.2) is 4.52 Å². The van der Waals surface area contributed by atoms with Crippen molar-refractivity contribution < 1.29 is 4.52 Å². The van der Waals surface area contributed by atoms with Gasteiger partial charge in [-0.15, -0.1) is 0 Å². The maximum Gasteiger partial charge on any atom is 0.223 e. The van der Waals surface area contributed by atoms with E-state index in [9.17, 15) is 0 Å². The molecule has 0 aliphatic carbocycles. The average Bonchev–Trinajstić information content (AvgIpc) is 2.96. The van der Waals surface area contributed by atoms with Gasteiger partial charge in [0.1, 0.15) is 5.84 Å². The van der Waals surface area contributed by atoms with Crippen molar-refractivity contribution in [3.8, 4) is 0 Å². The van der Waals surface area contributed by atoms with E-state index in [1.54, 1.807) is 13.8 Å². The molecule has 1 atom stereocenters. The third-order valence-electron chi connectivity index (χ3n) is 4.35. The monoisotopic (exact) mass is 334 g/mol. The summed E-state index contributed by atoms with van der Waals surface area (Å²) in [5.41, 5.74) is 0.528. The van der Waals surface area contributed by atoms with Gasteiger partial charge in [0.15, 0.2) is 5.82 Å². The van der Waals surface area contributed by atoms with Gasteiger partial charge >= 0.3 is 0 Å². The van der Waals surface area contributed by atoms with Gasteiger partial charge in [-0.25, -0.2) is 0 Å². The van der Waals surface area contributed by atoms with Gasteiger partial charge in [0.05, 0.1) is 5.92 Å². The zero-order chi connectivity index (χ0) is 17.7. The summed E-state index contributed by atoms with van der Waals surface area (Å²) >= 11 is 0. The lowest BCUT2D eigenvalue weighted by Crippen LogP contribution is -2.47. The molecule has 1 aromatic heterocycles. The second kappa shape index (κ2) is 8.37. The number of nitrogens with one attached hydrogen (secondary N) is 3. The zero-order valence-corrected chi connectivity index (χ0v) is 15.2. The summed E-state index contributed by atoms with van der Waals surface area (Å²) in [5, 5.41) is 24.0. The molecule has 3 N–H and O–H groups in total. The molecule has 1 unspecified atom stereocenters. The Labute approximate surface area is 144 Å². The first-order chi connectivity index (χ1) is 11.4. The van der Waals surface area contributed by atoms with Crippen molar-refractivity contribution in [1.82, 2.24) is 20.4 Å². The Hall–Kier alpha value is -1.76. The van der Waals surface area contributed by atoms with E-state index in [1.807, 2.05) is 0 Å². The first kappa shape index (κ1) is 18.6. The second-order valence-corrected chi connectivity index (χ2v) is 7.16. The molecule has 1 aromatic rings. The SMILES string of the molecule is CC(=N)CC(C(=N)N1CCC(NCC(C)C)CC1)c1noc(C)n1. The molecular formula is C17H30N6O. The smallest absolute Gasteiger partial charge is 0.223 e. The number of likely N-dealkylation sites (tertiary alicyclic amines) is 1. The highest BCUT2D eigenvalue weighted by Gasteiger charge is 2.29.